The Bertz CT molecular complexity index is 226. The molecule has 0 spiro atoms. The minimum atomic E-state index is -1.24. The Kier molecular flexibility index (Phi) is 7.12. The molecule has 0 fully saturated rings. The standard InChI is InChI=1S/C11H23IO3Si/c1-11(2,3)8(7-12)9(10(13)14-4)15-16(5)6/h8-9,16H,7H2,1-6H3/t8-,9?/m1/s1. The van der Waals surface area contributed by atoms with Gasteiger partial charge in [0.05, 0.1) is 7.11 Å². The first-order valence-electron chi connectivity index (χ1n) is 5.53. The predicted octanol–water partition coefficient (Wildman–Crippen LogP) is 2.63. The van der Waals surface area contributed by atoms with Crippen LogP contribution in [0.15, 0.2) is 0 Å². The smallest absolute Gasteiger partial charge is 0.334 e. The molecule has 0 rings (SSSR count). The number of rotatable bonds is 5. The Morgan fingerprint density at radius 2 is 1.88 bits per heavy atom. The molecule has 2 atom stereocenters. The lowest BCUT2D eigenvalue weighted by Crippen LogP contribution is -2.43. The van der Waals surface area contributed by atoms with E-state index in [1.54, 1.807) is 0 Å². The molecule has 3 nitrogen and oxygen atoms in total. The van der Waals surface area contributed by atoms with Crippen LogP contribution in [0.4, 0.5) is 0 Å². The summed E-state index contributed by atoms with van der Waals surface area (Å²) in [6.45, 7) is 10.6. The van der Waals surface area contributed by atoms with E-state index in [1.165, 1.54) is 7.11 Å². The van der Waals surface area contributed by atoms with Gasteiger partial charge in [-0.05, 0) is 18.5 Å². The van der Waals surface area contributed by atoms with Crippen molar-refractivity contribution in [1.82, 2.24) is 0 Å². The van der Waals surface area contributed by atoms with Crippen LogP contribution in [-0.2, 0) is 14.0 Å². The van der Waals surface area contributed by atoms with Crippen LogP contribution in [0.5, 0.6) is 0 Å². The molecule has 96 valence electrons. The summed E-state index contributed by atoms with van der Waals surface area (Å²) in [5.74, 6) is -0.0479. The first kappa shape index (κ1) is 16.4. The maximum absolute atomic E-state index is 11.8. The molecule has 16 heavy (non-hydrogen) atoms. The Balaban J connectivity index is 4.91. The zero-order valence-corrected chi connectivity index (χ0v) is 14.4. The van der Waals surface area contributed by atoms with Crippen LogP contribution in [0.2, 0.25) is 13.1 Å². The third-order valence-corrected chi connectivity index (χ3v) is 4.28. The number of hydrogen-bond acceptors (Lipinski definition) is 3. The van der Waals surface area contributed by atoms with Gasteiger partial charge in [0.2, 0.25) is 0 Å². The lowest BCUT2D eigenvalue weighted by Gasteiger charge is -2.35. The fourth-order valence-corrected chi connectivity index (χ4v) is 4.16. The minimum Gasteiger partial charge on any atom is -0.467 e. The summed E-state index contributed by atoms with van der Waals surface area (Å²) in [7, 11) is 0.180. The van der Waals surface area contributed by atoms with Crippen molar-refractivity contribution in [3.05, 3.63) is 0 Å². The minimum absolute atomic E-state index is 0.0450. The van der Waals surface area contributed by atoms with Gasteiger partial charge in [-0.1, -0.05) is 43.4 Å². The molecule has 0 aliphatic rings. The van der Waals surface area contributed by atoms with Gasteiger partial charge in [0.25, 0.3) is 0 Å². The number of halogens is 1. The molecule has 0 bridgehead atoms. The third-order valence-electron chi connectivity index (χ3n) is 2.50. The van der Waals surface area contributed by atoms with Gasteiger partial charge in [-0.15, -0.1) is 0 Å². The topological polar surface area (TPSA) is 35.5 Å². The number of carbonyl (C=O) groups excluding carboxylic acids is 1. The van der Waals surface area contributed by atoms with Gasteiger partial charge in [0.15, 0.2) is 9.04 Å². The number of alkyl halides is 1. The lowest BCUT2D eigenvalue weighted by molar-refractivity contribution is -0.153. The highest BCUT2D eigenvalue weighted by Crippen LogP contribution is 2.32. The summed E-state index contributed by atoms with van der Waals surface area (Å²) in [6, 6.07) is 0. The number of ether oxygens (including phenoxy) is 1. The molecule has 0 heterocycles. The van der Waals surface area contributed by atoms with Crippen LogP contribution in [-0.4, -0.2) is 32.7 Å². The Morgan fingerprint density at radius 1 is 1.38 bits per heavy atom. The van der Waals surface area contributed by atoms with Gasteiger partial charge in [-0.25, -0.2) is 4.79 Å². The molecular formula is C11H23IO3Si. The number of carbonyl (C=O) groups is 1. The van der Waals surface area contributed by atoms with Crippen molar-refractivity contribution in [3.63, 3.8) is 0 Å². The van der Waals surface area contributed by atoms with Gasteiger partial charge in [0, 0.05) is 10.3 Å². The maximum atomic E-state index is 11.8. The van der Waals surface area contributed by atoms with E-state index in [0.717, 1.165) is 4.43 Å². The molecular weight excluding hydrogens is 335 g/mol. The maximum Gasteiger partial charge on any atom is 0.334 e. The largest absolute Gasteiger partial charge is 0.467 e. The first-order valence-corrected chi connectivity index (χ1v) is 9.84. The van der Waals surface area contributed by atoms with Crippen LogP contribution in [0.25, 0.3) is 0 Å². The summed E-state index contributed by atoms with van der Waals surface area (Å²) in [5.41, 5.74) is 0.0450. The molecule has 0 aromatic rings. The van der Waals surface area contributed by atoms with Crippen molar-refractivity contribution < 1.29 is 14.0 Å². The van der Waals surface area contributed by atoms with Crippen LogP contribution < -0.4 is 0 Å². The van der Waals surface area contributed by atoms with Crippen molar-refractivity contribution in [2.45, 2.75) is 40.0 Å². The Labute approximate surface area is 114 Å². The second-order valence-electron chi connectivity index (χ2n) is 5.26. The van der Waals surface area contributed by atoms with E-state index in [0.29, 0.717) is 0 Å². The summed E-state index contributed by atoms with van der Waals surface area (Å²) in [5, 5.41) is 0. The Morgan fingerprint density at radius 3 is 2.12 bits per heavy atom. The average molecular weight is 358 g/mol. The fourth-order valence-electron chi connectivity index (χ4n) is 1.49. The van der Waals surface area contributed by atoms with E-state index in [2.05, 4.69) is 56.5 Å². The van der Waals surface area contributed by atoms with Crippen molar-refractivity contribution in [2.24, 2.45) is 11.3 Å². The van der Waals surface area contributed by atoms with E-state index >= 15 is 0 Å². The van der Waals surface area contributed by atoms with Gasteiger partial charge in [-0.3, -0.25) is 0 Å². The molecule has 0 saturated carbocycles. The van der Waals surface area contributed by atoms with Gasteiger partial charge < -0.3 is 9.16 Å². The number of hydrogen-bond donors (Lipinski definition) is 0. The molecule has 0 radical (unpaired) electrons. The number of esters is 1. The zero-order valence-electron chi connectivity index (χ0n) is 11.0. The van der Waals surface area contributed by atoms with Crippen LogP contribution >= 0.6 is 22.6 Å². The normalized spacial score (nSPS) is 16.0. The molecule has 0 aliphatic heterocycles. The summed E-state index contributed by atoms with van der Waals surface area (Å²) >= 11 is 2.31. The second kappa shape index (κ2) is 6.96. The van der Waals surface area contributed by atoms with E-state index < -0.39 is 15.1 Å². The van der Waals surface area contributed by atoms with Crippen LogP contribution in [0.3, 0.4) is 0 Å². The van der Waals surface area contributed by atoms with Crippen molar-refractivity contribution >= 4 is 37.6 Å². The second-order valence-corrected chi connectivity index (χ2v) is 8.51. The molecule has 0 aliphatic carbocycles. The first-order chi connectivity index (χ1) is 7.23. The zero-order chi connectivity index (χ0) is 12.9. The predicted molar refractivity (Wildman–Crippen MR) is 77.6 cm³/mol. The van der Waals surface area contributed by atoms with Crippen LogP contribution in [0.1, 0.15) is 20.8 Å². The summed E-state index contributed by atoms with van der Waals surface area (Å²) < 4.78 is 11.6. The highest BCUT2D eigenvalue weighted by molar-refractivity contribution is 14.1. The van der Waals surface area contributed by atoms with Crippen molar-refractivity contribution in [1.29, 1.82) is 0 Å². The Hall–Kier alpha value is 0.377. The molecule has 0 aromatic carbocycles. The van der Waals surface area contributed by atoms with Crippen LogP contribution in [0, 0.1) is 11.3 Å². The number of methoxy groups -OCH3 is 1. The van der Waals surface area contributed by atoms with Gasteiger partial charge in [0.1, 0.15) is 6.10 Å². The average Bonchev–Trinajstić information content (AvgIpc) is 2.13. The molecule has 5 heteroatoms. The molecule has 0 aromatic heterocycles. The summed E-state index contributed by atoms with van der Waals surface area (Å²) in [6.07, 6.45) is -0.409. The lowest BCUT2D eigenvalue weighted by atomic mass is 9.78. The van der Waals surface area contributed by atoms with E-state index in [-0.39, 0.29) is 17.3 Å². The molecule has 1 unspecified atom stereocenters. The molecule has 0 N–H and O–H groups in total. The van der Waals surface area contributed by atoms with Crippen molar-refractivity contribution in [3.8, 4) is 0 Å². The quantitative estimate of drug-likeness (QED) is 0.328. The fraction of sp³-hybridized carbons (Fsp3) is 0.909. The summed E-state index contributed by atoms with van der Waals surface area (Å²) in [4.78, 5) is 11.8. The van der Waals surface area contributed by atoms with E-state index in [4.69, 9.17) is 9.16 Å². The van der Waals surface area contributed by atoms with Gasteiger partial charge in [-0.2, -0.15) is 0 Å². The van der Waals surface area contributed by atoms with Gasteiger partial charge >= 0.3 is 5.97 Å². The molecule has 0 amide bonds. The highest BCUT2D eigenvalue weighted by Gasteiger charge is 2.37. The SMILES string of the molecule is COC(=O)C(O[SiH](C)C)[C@@H](CI)C(C)(C)C. The van der Waals surface area contributed by atoms with E-state index in [9.17, 15) is 4.79 Å². The van der Waals surface area contributed by atoms with E-state index in [1.807, 2.05) is 0 Å². The third kappa shape index (κ3) is 5.14. The highest BCUT2D eigenvalue weighted by atomic mass is 127. The molecule has 0 saturated heterocycles. The van der Waals surface area contributed by atoms with Crippen molar-refractivity contribution in [2.75, 3.05) is 11.5 Å². The monoisotopic (exact) mass is 358 g/mol.